The number of pyridine rings is 3. The fourth-order valence-corrected chi connectivity index (χ4v) is 18.0. The number of piperazine rings is 3. The van der Waals surface area contributed by atoms with Gasteiger partial charge in [0.25, 0.3) is 34.4 Å². The number of aryl methyl sites for hydroxylation is 2. The van der Waals surface area contributed by atoms with E-state index in [2.05, 4.69) is 118 Å². The molecule has 3 fully saturated rings. The van der Waals surface area contributed by atoms with Crippen molar-refractivity contribution in [2.45, 2.75) is 48.6 Å². The van der Waals surface area contributed by atoms with E-state index in [0.717, 1.165) is 79.1 Å². The molecule has 1 N–H and O–H groups in total. The van der Waals surface area contributed by atoms with E-state index in [-0.39, 0.29) is 96.0 Å². The van der Waals surface area contributed by atoms with E-state index in [4.69, 9.17) is 25.8 Å². The summed E-state index contributed by atoms with van der Waals surface area (Å²) in [5, 5.41) is 15.1. The van der Waals surface area contributed by atoms with Crippen LogP contribution in [-0.2, 0) is 56.2 Å². The van der Waals surface area contributed by atoms with E-state index in [9.17, 15) is 47.5 Å². The van der Waals surface area contributed by atoms with Crippen molar-refractivity contribution < 1.29 is 66.2 Å². The van der Waals surface area contributed by atoms with Crippen molar-refractivity contribution in [2.24, 2.45) is 14.1 Å². The number of esters is 3. The van der Waals surface area contributed by atoms with Gasteiger partial charge in [0.15, 0.2) is 0 Å². The second kappa shape index (κ2) is 58.1. The van der Waals surface area contributed by atoms with Crippen molar-refractivity contribution in [1.82, 2.24) is 33.7 Å². The van der Waals surface area contributed by atoms with Crippen LogP contribution in [0.25, 0.3) is 32.7 Å². The Morgan fingerprint density at radius 2 is 0.657 bits per heavy atom. The summed E-state index contributed by atoms with van der Waals surface area (Å²) in [7, 11) is 3.26. The van der Waals surface area contributed by atoms with Gasteiger partial charge in [-0.05, 0) is 113 Å². The molecule has 3 saturated heterocycles. The fourth-order valence-electron chi connectivity index (χ4n) is 14.1. The van der Waals surface area contributed by atoms with Gasteiger partial charge >= 0.3 is 17.9 Å². The number of anilines is 2. The molecule has 0 aliphatic carbocycles. The highest BCUT2D eigenvalue weighted by Gasteiger charge is 2.33. The predicted molar refractivity (Wildman–Crippen MR) is 539 cm³/mol. The Labute approximate surface area is 825 Å². The fraction of sp³-hybridized carbons (Fsp3) is 0.250. The van der Waals surface area contributed by atoms with Gasteiger partial charge < -0.3 is 76.5 Å². The number of nitrogens with zero attached hydrogens (tertiary/aromatic N) is 8. The summed E-state index contributed by atoms with van der Waals surface area (Å²) in [5.74, 6) is -2.16. The van der Waals surface area contributed by atoms with Gasteiger partial charge in [-0.25, -0.2) is 18.8 Å². The van der Waals surface area contributed by atoms with Crippen LogP contribution >= 0.6 is 109 Å². The standard InChI is InChI=1S/C28H26FN3O4S.C22H23N3O4S.C13H12ClNO3.C9H12N2OS.4C7H7Br.4FH/c1-2-36-28(35)24-25(30-13-15-31(16-14-30)26(33)23-8-5-17-37-23)21-6-3-4-7-22(21)32(27(24)34)18-19-9-11-20(29)12-10-19;1-3-29-22(28)18-19(15-7-4-5-8-16(15)23(2)21(18)27)24-10-12-25(13-11-24)20(26)17-9-6-14-30-17;1-3-18-13(17)10-11(14)8-6-4-5-7-9(8)15(2)12(10)16;12-9(8-2-1-7-13-8)11-5-3-10-4-6-11;4*8-6-7-4-2-1-3-5-7;;;;/h3-12,17H,2,13-16,18H2,1H3;4-9,14H,3,10-13H2,1-2H3;4-7H,3H2,1-2H3;1-2,7,10H,3-6H2;4*1-5H,6H2;4*1H/p-4. The zero-order valence-electron chi connectivity index (χ0n) is 74.1. The number of thiophene rings is 3. The molecule has 0 radical (unpaired) electrons. The molecule has 710 valence electrons. The van der Waals surface area contributed by atoms with Gasteiger partial charge in [0, 0.05) is 130 Å². The lowest BCUT2D eigenvalue weighted by atomic mass is 10.0. The molecule has 0 saturated carbocycles. The first kappa shape index (κ1) is 111. The summed E-state index contributed by atoms with van der Waals surface area (Å²) < 4.78 is 33.3. The van der Waals surface area contributed by atoms with Gasteiger partial charge in [0.1, 0.15) is 22.5 Å². The third kappa shape index (κ3) is 30.6. The number of fused-ring (bicyclic) bond motifs is 3. The zero-order chi connectivity index (χ0) is 92.9. The number of hydrogen-bond donors (Lipinski definition) is 1. The van der Waals surface area contributed by atoms with Gasteiger partial charge in [0.2, 0.25) is 0 Å². The van der Waals surface area contributed by atoms with Gasteiger partial charge in [-0.2, -0.15) is 0 Å². The molecule has 34 heteroatoms. The van der Waals surface area contributed by atoms with Crippen molar-refractivity contribution in [3.05, 3.63) is 372 Å². The highest BCUT2D eigenvalue weighted by molar-refractivity contribution is 9.09. The van der Waals surface area contributed by atoms with Gasteiger partial charge in [-0.1, -0.05) is 282 Å². The van der Waals surface area contributed by atoms with Crippen LogP contribution in [-0.4, -0.2) is 162 Å². The van der Waals surface area contributed by atoms with E-state index in [1.165, 1.54) is 82.1 Å². The SMILES string of the molecule is BrCc1ccccc1.BrCc1ccccc1.BrCc1ccccc1.BrCc1ccccc1.CCOC(=O)c1c(Cl)c2ccccc2n(C)c1=O.CCOC(=O)c1c(N2CCN(C(=O)c3cccs3)CC2)c2ccccc2n(C)c1=O.CCOC(=O)c1c(N2CCN(C(=O)c3cccs3)CC2)c2ccccc2n(Cc2ccc(F)cc2)c1=O.O=C(c1cccs1)N1CCNCC1.[F-].[F-].[F-].[F-]. The van der Waals surface area contributed by atoms with Crippen LogP contribution in [0.15, 0.2) is 285 Å². The maximum atomic E-state index is 13.9. The van der Waals surface area contributed by atoms with Crippen molar-refractivity contribution in [2.75, 3.05) is 108 Å². The number of hydrogen-bond acceptors (Lipinski definition) is 18. The molecular weight excluding hydrogens is 2070 g/mol. The number of amides is 3. The van der Waals surface area contributed by atoms with E-state index >= 15 is 0 Å². The van der Waals surface area contributed by atoms with Crippen molar-refractivity contribution >= 4 is 189 Å². The van der Waals surface area contributed by atoms with Crippen LogP contribution in [0.4, 0.5) is 15.8 Å². The molecule has 8 aromatic carbocycles. The van der Waals surface area contributed by atoms with Crippen LogP contribution < -0.4 is 50.6 Å². The Kier molecular flexibility index (Phi) is 48.3. The minimum Gasteiger partial charge on any atom is -1.00 e. The average Bonchev–Trinajstić information content (AvgIpc) is 0.835. The summed E-state index contributed by atoms with van der Waals surface area (Å²) >= 11 is 23.9. The summed E-state index contributed by atoms with van der Waals surface area (Å²) in [6.45, 7) is 13.2. The number of ether oxygens (including phenoxy) is 3. The molecule has 0 unspecified atom stereocenters. The van der Waals surface area contributed by atoms with Crippen molar-refractivity contribution in [3.8, 4) is 0 Å². The largest absolute Gasteiger partial charge is 1.00 e. The Morgan fingerprint density at radius 1 is 0.358 bits per heavy atom. The third-order valence-electron chi connectivity index (χ3n) is 20.7. The molecule has 3 amide bonds. The summed E-state index contributed by atoms with van der Waals surface area (Å²) in [6.07, 6.45) is 0. The molecule has 3 aliphatic rings. The Hall–Kier alpha value is -11.3. The Bertz CT molecular complexity index is 6030. The molecule has 9 heterocycles. The number of aromatic nitrogens is 3. The number of carbonyl (C=O) groups excluding carboxylic acids is 6. The zero-order valence-corrected chi connectivity index (χ0v) is 83.7. The number of carbonyl (C=O) groups is 6. The first-order chi connectivity index (χ1) is 63.2. The first-order valence-electron chi connectivity index (χ1n) is 42.1. The number of halogens is 10. The van der Waals surface area contributed by atoms with Crippen LogP contribution in [0, 0.1) is 5.82 Å². The predicted octanol–water partition coefficient (Wildman–Crippen LogP) is 8.63. The van der Waals surface area contributed by atoms with E-state index in [0.29, 0.717) is 85.0 Å². The van der Waals surface area contributed by atoms with E-state index in [1.54, 1.807) is 70.1 Å². The molecule has 3 aliphatic heterocycles. The van der Waals surface area contributed by atoms with Gasteiger partial charge in [0.05, 0.1) is 73.9 Å². The number of alkyl halides is 4. The molecule has 17 rings (SSSR count). The number of rotatable bonds is 17. The normalized spacial score (nSPS) is 12.2. The highest BCUT2D eigenvalue weighted by atomic mass is 79.9. The lowest BCUT2D eigenvalue weighted by molar-refractivity contribution is -0.00100. The summed E-state index contributed by atoms with van der Waals surface area (Å²) in [4.78, 5) is 126. The topological polar surface area (TPSA) is 224 Å². The summed E-state index contributed by atoms with van der Waals surface area (Å²) in [6, 6.07) is 80.3. The first-order valence-corrected chi connectivity index (χ1v) is 49.6. The van der Waals surface area contributed by atoms with Crippen LogP contribution in [0.5, 0.6) is 0 Å². The second-order valence-electron chi connectivity index (χ2n) is 29.1. The lowest BCUT2D eigenvalue weighted by Crippen LogP contribution is -3.00. The maximum absolute atomic E-state index is 13.9. The van der Waals surface area contributed by atoms with Crippen LogP contribution in [0.2, 0.25) is 5.02 Å². The second-order valence-corrected chi connectivity index (χ2v) is 34.6. The minimum absolute atomic E-state index is 0. The highest BCUT2D eigenvalue weighted by Crippen LogP contribution is 2.34. The third-order valence-corrected chi connectivity index (χ3v) is 26.3. The Balaban J connectivity index is 0.000000253. The van der Waals surface area contributed by atoms with Crippen LogP contribution in [0.3, 0.4) is 0 Å². The van der Waals surface area contributed by atoms with Crippen molar-refractivity contribution in [1.29, 1.82) is 0 Å². The van der Waals surface area contributed by atoms with Gasteiger partial charge in [-0.3, -0.25) is 28.8 Å². The lowest BCUT2D eigenvalue weighted by Gasteiger charge is -2.37. The van der Waals surface area contributed by atoms with E-state index < -0.39 is 29.0 Å². The monoisotopic (exact) mass is 2160 g/mol. The summed E-state index contributed by atoms with van der Waals surface area (Å²) in [5.41, 5.74) is 7.88. The molecule has 0 spiro atoms. The average molecular weight is 2170 g/mol. The molecule has 134 heavy (non-hydrogen) atoms. The van der Waals surface area contributed by atoms with E-state index in [1.807, 2.05) is 200 Å². The molecule has 14 aromatic rings. The maximum Gasteiger partial charge on any atom is 0.345 e. The van der Waals surface area contributed by atoms with Crippen LogP contribution in [0.1, 0.15) is 109 Å². The molecule has 6 aromatic heterocycles. The molecular formula is C100H101Br4ClF5N9O12S3-4. The smallest absolute Gasteiger partial charge is 0.345 e. The number of benzene rings is 8. The molecule has 0 atom stereocenters. The van der Waals surface area contributed by atoms with Gasteiger partial charge in [-0.15, -0.1) is 34.0 Å². The van der Waals surface area contributed by atoms with Crippen molar-refractivity contribution in [3.63, 3.8) is 0 Å². The number of nitrogens with one attached hydrogen (secondary N) is 1. The number of para-hydroxylation sites is 3. The Morgan fingerprint density at radius 3 is 0.993 bits per heavy atom. The molecule has 21 nitrogen and oxygen atoms in total. The molecule has 0 bridgehead atoms. The quantitative estimate of drug-likeness (QED) is 0.0390. The minimum atomic E-state index is -0.686.